The van der Waals surface area contributed by atoms with Gasteiger partial charge in [0.1, 0.15) is 5.84 Å². The van der Waals surface area contributed by atoms with Crippen LogP contribution in [0.2, 0.25) is 0 Å². The Labute approximate surface area is 96.0 Å². The molecule has 0 bridgehead atoms. The fourth-order valence-electron chi connectivity index (χ4n) is 1.16. The van der Waals surface area contributed by atoms with Gasteiger partial charge in [-0.15, -0.1) is 11.8 Å². The summed E-state index contributed by atoms with van der Waals surface area (Å²) < 4.78 is 0. The predicted octanol–water partition coefficient (Wildman–Crippen LogP) is 2.85. The van der Waals surface area contributed by atoms with E-state index in [1.807, 2.05) is 0 Å². The molecule has 0 aromatic heterocycles. The van der Waals surface area contributed by atoms with Crippen molar-refractivity contribution < 1.29 is 0 Å². The third-order valence-electron chi connectivity index (χ3n) is 1.91. The van der Waals surface area contributed by atoms with Crippen LogP contribution in [0.1, 0.15) is 18.9 Å². The van der Waals surface area contributed by atoms with E-state index in [1.54, 1.807) is 11.8 Å². The monoisotopic (exact) mass is 222 g/mol. The molecular formula is C12H18N2S. The largest absolute Gasteiger partial charge is 0.387 e. The summed E-state index contributed by atoms with van der Waals surface area (Å²) in [6.07, 6.45) is 1.05. The maximum atomic E-state index is 5.77. The smallest absolute Gasteiger partial charge is 0.104 e. The number of rotatable bonds is 5. The highest BCUT2D eigenvalue weighted by Crippen LogP contribution is 2.18. The molecule has 3 heteroatoms. The van der Waals surface area contributed by atoms with Gasteiger partial charge in [-0.1, -0.05) is 24.6 Å². The predicted molar refractivity (Wildman–Crippen MR) is 68.7 cm³/mol. The molecule has 0 aliphatic rings. The van der Waals surface area contributed by atoms with Crippen LogP contribution in [0.25, 0.3) is 0 Å². The van der Waals surface area contributed by atoms with Crippen LogP contribution in [-0.2, 0) is 0 Å². The molecule has 0 aliphatic carbocycles. The van der Waals surface area contributed by atoms with Crippen LogP contribution in [0.5, 0.6) is 0 Å². The van der Waals surface area contributed by atoms with Crippen LogP contribution in [0.15, 0.2) is 34.2 Å². The van der Waals surface area contributed by atoms with Crippen LogP contribution in [0.3, 0.4) is 0 Å². The van der Waals surface area contributed by atoms with Crippen molar-refractivity contribution in [3.05, 3.63) is 29.8 Å². The van der Waals surface area contributed by atoms with E-state index in [-0.39, 0.29) is 0 Å². The van der Waals surface area contributed by atoms with Crippen molar-refractivity contribution in [1.82, 2.24) is 0 Å². The number of aliphatic imine (C=N–C) groups is 1. The molecule has 82 valence electrons. The van der Waals surface area contributed by atoms with Gasteiger partial charge in [-0.25, -0.2) is 0 Å². The van der Waals surface area contributed by atoms with Crippen LogP contribution in [0, 0.1) is 6.92 Å². The molecule has 0 amide bonds. The fraction of sp³-hybridized carbons (Fsp3) is 0.417. The van der Waals surface area contributed by atoms with E-state index in [0.29, 0.717) is 0 Å². The molecule has 0 spiro atoms. The van der Waals surface area contributed by atoms with Crippen molar-refractivity contribution in [2.45, 2.75) is 25.2 Å². The summed E-state index contributed by atoms with van der Waals surface area (Å²) in [5.74, 6) is 1.52. The van der Waals surface area contributed by atoms with Gasteiger partial charge in [-0.05, 0) is 25.5 Å². The molecule has 1 aromatic rings. The lowest BCUT2D eigenvalue weighted by Gasteiger charge is -2.02. The van der Waals surface area contributed by atoms with Crippen LogP contribution in [-0.4, -0.2) is 18.1 Å². The van der Waals surface area contributed by atoms with E-state index in [2.05, 4.69) is 43.1 Å². The Morgan fingerprint density at radius 3 is 2.93 bits per heavy atom. The van der Waals surface area contributed by atoms with E-state index in [0.717, 1.165) is 24.6 Å². The molecule has 1 aromatic carbocycles. The van der Waals surface area contributed by atoms with Crippen molar-refractivity contribution in [2.75, 3.05) is 12.3 Å². The van der Waals surface area contributed by atoms with E-state index < -0.39 is 0 Å². The zero-order valence-corrected chi connectivity index (χ0v) is 10.2. The van der Waals surface area contributed by atoms with Crippen LogP contribution < -0.4 is 5.73 Å². The Kier molecular flexibility index (Phi) is 5.26. The van der Waals surface area contributed by atoms with E-state index in [4.69, 9.17) is 5.73 Å². The zero-order chi connectivity index (χ0) is 11.1. The minimum atomic E-state index is 0.739. The molecule has 0 aliphatic heterocycles. The van der Waals surface area contributed by atoms with Gasteiger partial charge in [-0.2, -0.15) is 0 Å². The second kappa shape index (κ2) is 6.51. The number of thioether (sulfide) groups is 1. The van der Waals surface area contributed by atoms with Gasteiger partial charge < -0.3 is 5.73 Å². The normalized spacial score (nSPS) is 11.7. The maximum Gasteiger partial charge on any atom is 0.104 e. The molecule has 0 heterocycles. The van der Waals surface area contributed by atoms with Crippen LogP contribution in [0.4, 0.5) is 0 Å². The van der Waals surface area contributed by atoms with Gasteiger partial charge in [-0.3, -0.25) is 4.99 Å². The number of hydrogen-bond donors (Lipinski definition) is 1. The summed E-state index contributed by atoms with van der Waals surface area (Å²) in [7, 11) is 0. The van der Waals surface area contributed by atoms with Gasteiger partial charge in [0.2, 0.25) is 0 Å². The van der Waals surface area contributed by atoms with E-state index in [1.165, 1.54) is 10.5 Å². The van der Waals surface area contributed by atoms with Crippen LogP contribution >= 0.6 is 11.8 Å². The Hall–Kier alpha value is -0.960. The van der Waals surface area contributed by atoms with Gasteiger partial charge in [0.05, 0.1) is 5.75 Å². The number of benzene rings is 1. The highest BCUT2D eigenvalue weighted by Gasteiger charge is 1.96. The Morgan fingerprint density at radius 1 is 1.47 bits per heavy atom. The van der Waals surface area contributed by atoms with Gasteiger partial charge in [0.15, 0.2) is 0 Å². The molecule has 0 radical (unpaired) electrons. The lowest BCUT2D eigenvalue weighted by molar-refractivity contribution is 0.929. The minimum Gasteiger partial charge on any atom is -0.387 e. The molecule has 0 fully saturated rings. The van der Waals surface area contributed by atoms with E-state index in [9.17, 15) is 0 Å². The number of nitrogens with zero attached hydrogens (tertiary/aromatic N) is 1. The molecule has 0 atom stereocenters. The highest BCUT2D eigenvalue weighted by molar-refractivity contribution is 8.00. The summed E-state index contributed by atoms with van der Waals surface area (Å²) in [6.45, 7) is 5.03. The van der Waals surface area contributed by atoms with Gasteiger partial charge in [0, 0.05) is 11.4 Å². The van der Waals surface area contributed by atoms with Crippen molar-refractivity contribution >= 4 is 17.6 Å². The lowest BCUT2D eigenvalue weighted by atomic mass is 10.2. The first-order valence-electron chi connectivity index (χ1n) is 5.20. The maximum absolute atomic E-state index is 5.77. The molecule has 2 N–H and O–H groups in total. The first-order chi connectivity index (χ1) is 7.22. The summed E-state index contributed by atoms with van der Waals surface area (Å²) >= 11 is 1.74. The highest BCUT2D eigenvalue weighted by atomic mass is 32.2. The molecular weight excluding hydrogens is 204 g/mol. The van der Waals surface area contributed by atoms with Gasteiger partial charge in [0.25, 0.3) is 0 Å². The third-order valence-corrected chi connectivity index (χ3v) is 2.94. The Balaban J connectivity index is 2.43. The van der Waals surface area contributed by atoms with E-state index >= 15 is 0 Å². The number of hydrogen-bond acceptors (Lipinski definition) is 2. The first-order valence-corrected chi connectivity index (χ1v) is 6.19. The fourth-order valence-corrected chi connectivity index (χ4v) is 2.01. The minimum absolute atomic E-state index is 0.739. The summed E-state index contributed by atoms with van der Waals surface area (Å²) in [5, 5.41) is 0. The summed E-state index contributed by atoms with van der Waals surface area (Å²) in [6, 6.07) is 8.43. The first kappa shape index (κ1) is 12.1. The molecule has 2 nitrogen and oxygen atoms in total. The topological polar surface area (TPSA) is 38.4 Å². The molecule has 1 rings (SSSR count). The summed E-state index contributed by atoms with van der Waals surface area (Å²) in [5.41, 5.74) is 7.06. The average Bonchev–Trinajstić information content (AvgIpc) is 2.23. The molecule has 0 unspecified atom stereocenters. The number of aryl methyl sites for hydroxylation is 1. The SMILES string of the molecule is CCCN=C(N)CSc1cccc(C)c1. The van der Waals surface area contributed by atoms with Crippen molar-refractivity contribution in [3.8, 4) is 0 Å². The zero-order valence-electron chi connectivity index (χ0n) is 9.36. The average molecular weight is 222 g/mol. The standard InChI is InChI=1S/C12H18N2S/c1-3-7-14-12(13)9-15-11-6-4-5-10(2)8-11/h4-6,8H,3,7,9H2,1-2H3,(H2,13,14). The molecule has 15 heavy (non-hydrogen) atoms. The quantitative estimate of drug-likeness (QED) is 0.472. The Morgan fingerprint density at radius 2 is 2.27 bits per heavy atom. The van der Waals surface area contributed by atoms with Crippen molar-refractivity contribution in [1.29, 1.82) is 0 Å². The lowest BCUT2D eigenvalue weighted by Crippen LogP contribution is -2.15. The second-order valence-electron chi connectivity index (χ2n) is 3.48. The molecule has 0 saturated carbocycles. The second-order valence-corrected chi connectivity index (χ2v) is 4.53. The van der Waals surface area contributed by atoms with Crippen molar-refractivity contribution in [2.24, 2.45) is 10.7 Å². The summed E-state index contributed by atoms with van der Waals surface area (Å²) in [4.78, 5) is 5.51. The van der Waals surface area contributed by atoms with Gasteiger partial charge >= 0.3 is 0 Å². The third kappa shape index (κ3) is 4.88. The number of nitrogens with two attached hydrogens (primary N) is 1. The molecule has 0 saturated heterocycles. The number of amidine groups is 1. The van der Waals surface area contributed by atoms with Crippen molar-refractivity contribution in [3.63, 3.8) is 0 Å². The Bertz CT molecular complexity index is 334.